The van der Waals surface area contributed by atoms with E-state index in [1.807, 2.05) is 6.07 Å². The number of rotatable bonds is 0. The van der Waals surface area contributed by atoms with Crippen LogP contribution in [0.1, 0.15) is 53.6 Å². The van der Waals surface area contributed by atoms with Gasteiger partial charge < -0.3 is 14.4 Å². The molecule has 1 amide bonds. The zero-order chi connectivity index (χ0) is 24.5. The number of sulfonamides is 1. The smallest absolute Gasteiger partial charge is 0.264 e. The third-order valence-electron chi connectivity index (χ3n) is 7.28. The van der Waals surface area contributed by atoms with Crippen LogP contribution in [0.5, 0.6) is 5.75 Å². The van der Waals surface area contributed by atoms with Crippen molar-refractivity contribution in [2.24, 2.45) is 0 Å². The second-order valence-electron chi connectivity index (χ2n) is 9.75. The zero-order valence-electron chi connectivity index (χ0n) is 19.7. The highest BCUT2D eigenvalue weighted by molar-refractivity contribution is 7.90. The van der Waals surface area contributed by atoms with Crippen LogP contribution in [0.3, 0.4) is 0 Å². The van der Waals surface area contributed by atoms with Crippen molar-refractivity contribution in [2.45, 2.75) is 43.9 Å². The molecule has 9 heteroatoms. The molecule has 2 bridgehead atoms. The van der Waals surface area contributed by atoms with E-state index in [0.717, 1.165) is 68.1 Å². The fraction of sp³-hybridized carbons (Fsp3) is 0.500. The first-order valence-corrected chi connectivity index (χ1v) is 14.3. The van der Waals surface area contributed by atoms with Crippen molar-refractivity contribution < 1.29 is 22.7 Å². The Morgan fingerprint density at radius 3 is 2.77 bits per heavy atom. The molecule has 2 aliphatic heterocycles. The molecular weight excluding hydrogens is 488 g/mol. The minimum absolute atomic E-state index is 0.0726. The Morgan fingerprint density at radius 2 is 1.89 bits per heavy atom. The largest absolute Gasteiger partial charge is 0.490 e. The molecule has 188 valence electrons. The van der Waals surface area contributed by atoms with E-state index in [9.17, 15) is 13.2 Å². The highest BCUT2D eigenvalue weighted by Crippen LogP contribution is 2.45. The number of anilines is 1. The number of aryl methyl sites for hydroxylation is 1. The van der Waals surface area contributed by atoms with E-state index in [1.54, 1.807) is 18.2 Å². The number of benzene rings is 2. The Hall–Kier alpha value is -2.29. The van der Waals surface area contributed by atoms with Crippen LogP contribution in [0.15, 0.2) is 36.4 Å². The lowest BCUT2D eigenvalue weighted by Gasteiger charge is -2.34. The molecular formula is C26H31ClN2O5S. The van der Waals surface area contributed by atoms with Crippen LogP contribution >= 0.6 is 11.6 Å². The van der Waals surface area contributed by atoms with Crippen molar-refractivity contribution in [3.63, 3.8) is 0 Å². The average Bonchev–Trinajstić information content (AvgIpc) is 3.08. The lowest BCUT2D eigenvalue weighted by molar-refractivity contribution is 0.0980. The summed E-state index contributed by atoms with van der Waals surface area (Å²) in [7, 11) is -3.79. The average molecular weight is 519 g/mol. The van der Waals surface area contributed by atoms with Gasteiger partial charge in [-0.1, -0.05) is 30.5 Å². The highest BCUT2D eigenvalue weighted by atomic mass is 35.5. The van der Waals surface area contributed by atoms with E-state index >= 15 is 0 Å². The normalized spacial score (nSPS) is 24.8. The maximum Gasteiger partial charge on any atom is 0.264 e. The number of nitrogens with one attached hydrogen (secondary N) is 1. The molecule has 1 spiro atoms. The van der Waals surface area contributed by atoms with Gasteiger partial charge in [0, 0.05) is 35.7 Å². The lowest BCUT2D eigenvalue weighted by atomic mass is 9.82. The van der Waals surface area contributed by atoms with Crippen LogP contribution in [0.2, 0.25) is 5.02 Å². The number of hydrogen-bond donors (Lipinski definition) is 1. The SMILES string of the molecule is O=C1NS(=O)(=O)CCOCCCCCCN2C[C@@]3(CCc4cc(Cl)ccc43)COc3ccc1cc32. The Kier molecular flexibility index (Phi) is 6.97. The van der Waals surface area contributed by atoms with Crippen LogP contribution in [0, 0.1) is 0 Å². The van der Waals surface area contributed by atoms with E-state index in [0.29, 0.717) is 18.8 Å². The van der Waals surface area contributed by atoms with Gasteiger partial charge in [-0.05, 0) is 67.1 Å². The molecule has 0 aromatic heterocycles. The molecule has 0 fully saturated rings. The summed E-state index contributed by atoms with van der Waals surface area (Å²) in [6.45, 7) is 2.73. The van der Waals surface area contributed by atoms with Gasteiger partial charge in [0.05, 0.1) is 24.7 Å². The predicted octanol–water partition coefficient (Wildman–Crippen LogP) is 4.07. The van der Waals surface area contributed by atoms with Gasteiger partial charge in [-0.3, -0.25) is 4.79 Å². The number of nitrogens with zero attached hydrogens (tertiary/aromatic N) is 1. The fourth-order valence-corrected chi connectivity index (χ4v) is 6.47. The quantitative estimate of drug-likeness (QED) is 0.566. The number of amides is 1. The van der Waals surface area contributed by atoms with Crippen LogP contribution in [-0.4, -0.2) is 53.0 Å². The first-order valence-electron chi connectivity index (χ1n) is 12.3. The molecule has 7 nitrogen and oxygen atoms in total. The second kappa shape index (κ2) is 9.99. The van der Waals surface area contributed by atoms with Crippen LogP contribution in [-0.2, 0) is 26.6 Å². The van der Waals surface area contributed by atoms with Gasteiger partial charge in [0.1, 0.15) is 5.75 Å². The molecule has 3 aliphatic rings. The molecule has 0 saturated carbocycles. The Labute approximate surface area is 211 Å². The minimum atomic E-state index is -3.79. The molecule has 5 rings (SSSR count). The van der Waals surface area contributed by atoms with Crippen molar-refractivity contribution in [3.8, 4) is 5.75 Å². The lowest BCUT2D eigenvalue weighted by Crippen LogP contribution is -2.42. The number of carbonyl (C=O) groups excluding carboxylic acids is 1. The molecule has 0 unspecified atom stereocenters. The van der Waals surface area contributed by atoms with E-state index in [2.05, 4.69) is 21.8 Å². The molecule has 1 atom stereocenters. The van der Waals surface area contributed by atoms with Crippen molar-refractivity contribution >= 4 is 33.2 Å². The first-order chi connectivity index (χ1) is 16.9. The standard InChI is InChI=1S/C26H31ClN2O5S/c27-21-6-7-22-19(15-21)9-10-26(22)17-29-11-3-1-2-4-12-33-13-14-35(31,32)28-25(30)20-5-8-24(34-18-26)23(29)16-20/h5-8,15-16H,1-4,9-14,17-18H2,(H,28,30)/t26-/m0/s1. The summed E-state index contributed by atoms with van der Waals surface area (Å²) >= 11 is 6.27. The van der Waals surface area contributed by atoms with Gasteiger partial charge in [-0.15, -0.1) is 0 Å². The third-order valence-corrected chi connectivity index (χ3v) is 8.72. The molecule has 1 N–H and O–H groups in total. The van der Waals surface area contributed by atoms with Gasteiger partial charge in [0.25, 0.3) is 5.91 Å². The van der Waals surface area contributed by atoms with Crippen molar-refractivity contribution in [2.75, 3.05) is 43.6 Å². The van der Waals surface area contributed by atoms with Crippen LogP contribution in [0.25, 0.3) is 0 Å². The topological polar surface area (TPSA) is 84.9 Å². The van der Waals surface area contributed by atoms with E-state index in [-0.39, 0.29) is 17.8 Å². The van der Waals surface area contributed by atoms with Crippen molar-refractivity contribution in [3.05, 3.63) is 58.1 Å². The Morgan fingerprint density at radius 1 is 1.03 bits per heavy atom. The van der Waals surface area contributed by atoms with E-state index < -0.39 is 15.9 Å². The number of halogens is 1. The second-order valence-corrected chi connectivity index (χ2v) is 12.0. The summed E-state index contributed by atoms with van der Waals surface area (Å²) in [5.41, 5.74) is 3.52. The third kappa shape index (κ3) is 5.29. The molecule has 35 heavy (non-hydrogen) atoms. The number of ether oxygens (including phenoxy) is 2. The van der Waals surface area contributed by atoms with Gasteiger partial charge in [-0.2, -0.15) is 0 Å². The summed E-state index contributed by atoms with van der Waals surface area (Å²) in [5.74, 6) is -0.164. The first kappa shape index (κ1) is 24.4. The molecule has 0 saturated heterocycles. The summed E-state index contributed by atoms with van der Waals surface area (Å²) in [5, 5.41) is 0.748. The summed E-state index contributed by atoms with van der Waals surface area (Å²) in [6, 6.07) is 11.3. The van der Waals surface area contributed by atoms with Gasteiger partial charge in [0.2, 0.25) is 10.0 Å². The molecule has 2 aromatic rings. The van der Waals surface area contributed by atoms with Crippen molar-refractivity contribution in [1.82, 2.24) is 4.72 Å². The highest BCUT2D eigenvalue weighted by Gasteiger charge is 2.43. The summed E-state index contributed by atoms with van der Waals surface area (Å²) in [4.78, 5) is 15.2. The van der Waals surface area contributed by atoms with Crippen molar-refractivity contribution in [1.29, 1.82) is 0 Å². The predicted molar refractivity (Wildman–Crippen MR) is 136 cm³/mol. The fourth-order valence-electron chi connectivity index (χ4n) is 5.43. The summed E-state index contributed by atoms with van der Waals surface area (Å²) < 4.78 is 38.8. The van der Waals surface area contributed by atoms with E-state index in [1.165, 1.54) is 11.1 Å². The monoisotopic (exact) mass is 518 g/mol. The number of fused-ring (bicyclic) bond motifs is 3. The Balaban J connectivity index is 1.49. The Bertz CT molecular complexity index is 1220. The maximum atomic E-state index is 12.8. The molecule has 0 radical (unpaired) electrons. The number of carbonyl (C=O) groups is 1. The maximum absolute atomic E-state index is 12.8. The zero-order valence-corrected chi connectivity index (χ0v) is 21.3. The number of hydrogen-bond acceptors (Lipinski definition) is 6. The molecule has 2 aromatic carbocycles. The van der Waals surface area contributed by atoms with Gasteiger partial charge >= 0.3 is 0 Å². The van der Waals surface area contributed by atoms with Gasteiger partial charge in [0.15, 0.2) is 0 Å². The van der Waals surface area contributed by atoms with Gasteiger partial charge in [-0.25, -0.2) is 13.1 Å². The molecule has 1 aliphatic carbocycles. The van der Waals surface area contributed by atoms with E-state index in [4.69, 9.17) is 21.1 Å². The van der Waals surface area contributed by atoms with Crippen LogP contribution < -0.4 is 14.4 Å². The van der Waals surface area contributed by atoms with Crippen LogP contribution in [0.4, 0.5) is 5.69 Å². The molecule has 2 heterocycles. The summed E-state index contributed by atoms with van der Waals surface area (Å²) in [6.07, 6.45) is 5.88. The minimum Gasteiger partial charge on any atom is -0.490 e.